The molecule has 0 aromatic rings. The van der Waals surface area contributed by atoms with Crippen molar-refractivity contribution in [2.75, 3.05) is 0 Å². The Balaban J connectivity index is 2.04. The summed E-state index contributed by atoms with van der Waals surface area (Å²) >= 11 is 0. The third kappa shape index (κ3) is 3.09. The van der Waals surface area contributed by atoms with Crippen LogP contribution in [-0.2, 0) is 19.1 Å². The maximum Gasteiger partial charge on any atom is 0.309 e. The van der Waals surface area contributed by atoms with Gasteiger partial charge in [0, 0.05) is 18.8 Å². The molecule has 0 aromatic heterocycles. The molecule has 0 radical (unpaired) electrons. The van der Waals surface area contributed by atoms with E-state index in [1.54, 1.807) is 6.92 Å². The molecule has 3 rings (SSSR count). The van der Waals surface area contributed by atoms with Crippen LogP contribution in [0.5, 0.6) is 0 Å². The molecule has 3 aliphatic rings. The van der Waals surface area contributed by atoms with Crippen molar-refractivity contribution >= 4 is 11.9 Å². The van der Waals surface area contributed by atoms with Crippen molar-refractivity contribution in [3.63, 3.8) is 0 Å². The quantitative estimate of drug-likeness (QED) is 0.492. The summed E-state index contributed by atoms with van der Waals surface area (Å²) in [6.07, 6.45) is 1.27. The van der Waals surface area contributed by atoms with Crippen LogP contribution in [0.4, 0.5) is 0 Å². The minimum Gasteiger partial charge on any atom is -0.462 e. The second-order valence-corrected chi connectivity index (χ2v) is 9.23. The molecule has 2 aliphatic carbocycles. The van der Waals surface area contributed by atoms with Gasteiger partial charge in [-0.2, -0.15) is 0 Å². The molecule has 0 aromatic carbocycles. The highest BCUT2D eigenvalue weighted by Crippen LogP contribution is 2.55. The predicted molar refractivity (Wildman–Crippen MR) is 95.3 cm³/mol. The van der Waals surface area contributed by atoms with Crippen molar-refractivity contribution in [2.45, 2.75) is 76.5 Å². The Kier molecular flexibility index (Phi) is 4.73. The monoisotopic (exact) mass is 382 g/mol. The fourth-order valence-electron chi connectivity index (χ4n) is 4.99. The van der Waals surface area contributed by atoms with Crippen LogP contribution < -0.4 is 0 Å². The third-order valence-corrected chi connectivity index (χ3v) is 6.44. The van der Waals surface area contributed by atoms with E-state index in [-0.39, 0.29) is 18.8 Å². The van der Waals surface area contributed by atoms with Crippen LogP contribution in [0.15, 0.2) is 12.2 Å². The Morgan fingerprint density at radius 1 is 1.30 bits per heavy atom. The lowest BCUT2D eigenvalue weighted by molar-refractivity contribution is -0.191. The molecule has 0 spiro atoms. The Bertz CT molecular complexity index is 665. The Morgan fingerprint density at radius 2 is 1.93 bits per heavy atom. The summed E-state index contributed by atoms with van der Waals surface area (Å²) < 4.78 is 11.2. The van der Waals surface area contributed by atoms with Crippen molar-refractivity contribution < 1.29 is 34.4 Å². The minimum absolute atomic E-state index is 0.0631. The Labute approximate surface area is 159 Å². The lowest BCUT2D eigenvalue weighted by Gasteiger charge is -2.44. The summed E-state index contributed by atoms with van der Waals surface area (Å²) in [5, 5.41) is 33.3. The van der Waals surface area contributed by atoms with Crippen LogP contribution in [0.25, 0.3) is 0 Å². The average Bonchev–Trinajstić information content (AvgIpc) is 2.89. The van der Waals surface area contributed by atoms with E-state index in [1.807, 2.05) is 13.8 Å². The highest BCUT2D eigenvalue weighted by molar-refractivity contribution is 5.76. The number of hydrogen-bond donors (Lipinski definition) is 3. The first-order valence-corrected chi connectivity index (χ1v) is 9.57. The Morgan fingerprint density at radius 3 is 2.52 bits per heavy atom. The van der Waals surface area contributed by atoms with Gasteiger partial charge >= 0.3 is 11.9 Å². The van der Waals surface area contributed by atoms with Crippen molar-refractivity contribution in [1.29, 1.82) is 0 Å². The second kappa shape index (κ2) is 6.29. The van der Waals surface area contributed by atoms with Gasteiger partial charge in [0.25, 0.3) is 0 Å². The SMILES string of the molecule is CC(C)CC(=O)O[C@H]1C[C@@](C)(O)[C@]2(O)C=C[C@@](C)(O)[C@@H]2[C@H]2OC(=O)[C@@H](C)[C@@H]21. The van der Waals surface area contributed by atoms with Gasteiger partial charge in [-0.1, -0.05) is 32.9 Å². The van der Waals surface area contributed by atoms with E-state index in [4.69, 9.17) is 9.47 Å². The van der Waals surface area contributed by atoms with E-state index in [1.165, 1.54) is 26.0 Å². The van der Waals surface area contributed by atoms with Crippen molar-refractivity contribution in [1.82, 2.24) is 0 Å². The lowest BCUT2D eigenvalue weighted by atomic mass is 9.70. The second-order valence-electron chi connectivity index (χ2n) is 9.23. The van der Waals surface area contributed by atoms with Crippen molar-refractivity contribution in [3.05, 3.63) is 12.2 Å². The normalized spacial score (nSPS) is 48.8. The number of esters is 2. The molecule has 0 unspecified atom stereocenters. The summed E-state index contributed by atoms with van der Waals surface area (Å²) in [4.78, 5) is 24.6. The molecular formula is C20H30O7. The fourth-order valence-corrected chi connectivity index (χ4v) is 4.99. The predicted octanol–water partition coefficient (Wildman–Crippen LogP) is 0.945. The van der Waals surface area contributed by atoms with Crippen LogP contribution in [0.2, 0.25) is 0 Å². The van der Waals surface area contributed by atoms with Gasteiger partial charge in [0.1, 0.15) is 17.8 Å². The molecule has 3 N–H and O–H groups in total. The topological polar surface area (TPSA) is 113 Å². The number of aliphatic hydroxyl groups is 3. The van der Waals surface area contributed by atoms with E-state index in [2.05, 4.69) is 0 Å². The van der Waals surface area contributed by atoms with E-state index < -0.39 is 58.7 Å². The van der Waals surface area contributed by atoms with Gasteiger partial charge in [-0.15, -0.1) is 0 Å². The fraction of sp³-hybridized carbons (Fsp3) is 0.800. The van der Waals surface area contributed by atoms with Crippen molar-refractivity contribution in [3.8, 4) is 0 Å². The summed E-state index contributed by atoms with van der Waals surface area (Å²) in [7, 11) is 0. The number of carbonyl (C=O) groups excluding carboxylic acids is 2. The van der Waals surface area contributed by atoms with Gasteiger partial charge < -0.3 is 24.8 Å². The van der Waals surface area contributed by atoms with Crippen LogP contribution in [0.3, 0.4) is 0 Å². The molecule has 27 heavy (non-hydrogen) atoms. The van der Waals surface area contributed by atoms with Gasteiger partial charge in [0.2, 0.25) is 0 Å². The molecular weight excluding hydrogens is 352 g/mol. The molecule has 0 amide bonds. The first kappa shape index (κ1) is 20.3. The van der Waals surface area contributed by atoms with E-state index >= 15 is 0 Å². The zero-order chi connectivity index (χ0) is 20.4. The Hall–Kier alpha value is -1.44. The molecule has 1 saturated carbocycles. The third-order valence-electron chi connectivity index (χ3n) is 6.44. The van der Waals surface area contributed by atoms with Crippen LogP contribution in [-0.4, -0.2) is 56.3 Å². The zero-order valence-corrected chi connectivity index (χ0v) is 16.5. The molecule has 1 heterocycles. The maximum absolute atomic E-state index is 12.3. The van der Waals surface area contributed by atoms with E-state index in [0.717, 1.165) is 0 Å². The number of fused-ring (bicyclic) bond motifs is 3. The van der Waals surface area contributed by atoms with Crippen molar-refractivity contribution in [2.24, 2.45) is 23.7 Å². The number of rotatable bonds is 3. The highest BCUT2D eigenvalue weighted by atomic mass is 16.6. The lowest BCUT2D eigenvalue weighted by Crippen LogP contribution is -2.60. The molecule has 0 bridgehead atoms. The van der Waals surface area contributed by atoms with Crippen LogP contribution in [0.1, 0.15) is 47.5 Å². The number of hydrogen-bond acceptors (Lipinski definition) is 7. The molecule has 152 valence electrons. The van der Waals surface area contributed by atoms with Gasteiger partial charge in [-0.3, -0.25) is 9.59 Å². The maximum atomic E-state index is 12.3. The first-order chi connectivity index (χ1) is 12.3. The van der Waals surface area contributed by atoms with Gasteiger partial charge in [-0.05, 0) is 19.8 Å². The zero-order valence-electron chi connectivity index (χ0n) is 16.5. The molecule has 7 nitrogen and oxygen atoms in total. The molecule has 8 atom stereocenters. The van der Waals surface area contributed by atoms with Crippen LogP contribution >= 0.6 is 0 Å². The van der Waals surface area contributed by atoms with Gasteiger partial charge in [-0.25, -0.2) is 0 Å². The van der Waals surface area contributed by atoms with Crippen LogP contribution in [0, 0.1) is 23.7 Å². The molecule has 2 fully saturated rings. The van der Waals surface area contributed by atoms with Gasteiger partial charge in [0.05, 0.1) is 23.0 Å². The summed E-state index contributed by atoms with van der Waals surface area (Å²) in [6, 6.07) is 0. The van der Waals surface area contributed by atoms with E-state index in [9.17, 15) is 24.9 Å². The smallest absolute Gasteiger partial charge is 0.309 e. The minimum atomic E-state index is -1.82. The highest BCUT2D eigenvalue weighted by Gasteiger charge is 2.69. The average molecular weight is 382 g/mol. The summed E-state index contributed by atoms with van der Waals surface area (Å²) in [5.41, 5.74) is -4.99. The first-order valence-electron chi connectivity index (χ1n) is 9.57. The number of carbonyl (C=O) groups is 2. The largest absolute Gasteiger partial charge is 0.462 e. The molecule has 1 aliphatic heterocycles. The molecule has 7 heteroatoms. The summed E-state index contributed by atoms with van der Waals surface area (Å²) in [6.45, 7) is 8.46. The number of ether oxygens (including phenoxy) is 2. The summed E-state index contributed by atoms with van der Waals surface area (Å²) in [5.74, 6) is -2.88. The van der Waals surface area contributed by atoms with Gasteiger partial charge in [0.15, 0.2) is 0 Å². The standard InChI is InChI=1S/C20H30O7/c1-10(2)8-13(21)26-12-9-19(5,24)20(25)7-6-18(4,23)16(20)15-14(12)11(3)17(22)27-15/h6-7,10-12,14-16,23-25H,8-9H2,1-5H3/t11-,12-,14+,15-,16-,18+,19+,20-/m0/s1. The van der Waals surface area contributed by atoms with E-state index in [0.29, 0.717) is 0 Å². The molecule has 1 saturated heterocycles.